The zero-order valence-electron chi connectivity index (χ0n) is 8.30. The summed E-state index contributed by atoms with van der Waals surface area (Å²) in [6.45, 7) is 1.94. The SMILES string of the molecule is Cc1ccc([18F])cc1-c1ccccc1Cl. The van der Waals surface area contributed by atoms with E-state index in [0.29, 0.717) is 5.02 Å². The Bertz CT molecular complexity index is 492. The minimum absolute atomic E-state index is 0.240. The molecule has 0 aliphatic carbocycles. The van der Waals surface area contributed by atoms with Crippen molar-refractivity contribution in [2.45, 2.75) is 6.92 Å². The van der Waals surface area contributed by atoms with Crippen LogP contribution in [0.1, 0.15) is 5.56 Å². The monoisotopic (exact) mass is 219 g/mol. The number of halogens is 2. The van der Waals surface area contributed by atoms with Crippen LogP contribution in [0.3, 0.4) is 0 Å². The lowest BCUT2D eigenvalue weighted by Crippen LogP contribution is -1.86. The lowest BCUT2D eigenvalue weighted by molar-refractivity contribution is 0.628. The highest BCUT2D eigenvalue weighted by Gasteiger charge is 2.06. The van der Waals surface area contributed by atoms with Crippen molar-refractivity contribution in [2.75, 3.05) is 0 Å². The van der Waals surface area contributed by atoms with Crippen molar-refractivity contribution in [1.29, 1.82) is 0 Å². The predicted octanol–water partition coefficient (Wildman–Crippen LogP) is 4.45. The van der Waals surface area contributed by atoms with E-state index in [1.807, 2.05) is 25.1 Å². The lowest BCUT2D eigenvalue weighted by Gasteiger charge is -2.07. The van der Waals surface area contributed by atoms with Gasteiger partial charge in [0, 0.05) is 10.6 Å². The summed E-state index contributed by atoms with van der Waals surface area (Å²) in [7, 11) is 0. The summed E-state index contributed by atoms with van der Waals surface area (Å²) >= 11 is 6.06. The quantitative estimate of drug-likeness (QED) is 0.665. The smallest absolute Gasteiger partial charge is 0.123 e. The Morgan fingerprint density at radius 3 is 2.47 bits per heavy atom. The summed E-state index contributed by atoms with van der Waals surface area (Å²) in [6.07, 6.45) is 0. The van der Waals surface area contributed by atoms with E-state index in [1.54, 1.807) is 12.1 Å². The molecule has 0 unspecified atom stereocenters. The summed E-state index contributed by atoms with van der Waals surface area (Å²) in [6, 6.07) is 12.2. The first-order chi connectivity index (χ1) is 7.18. The highest BCUT2D eigenvalue weighted by atomic mass is 35.5. The maximum absolute atomic E-state index is 13.1. The molecule has 0 fully saturated rings. The first kappa shape index (κ1) is 10.2. The van der Waals surface area contributed by atoms with Crippen LogP contribution in [0, 0.1) is 12.7 Å². The molecule has 0 aliphatic rings. The molecule has 15 heavy (non-hydrogen) atoms. The van der Waals surface area contributed by atoms with Crippen LogP contribution in [0.4, 0.5) is 4.39 Å². The molecule has 0 N–H and O–H groups in total. The fourth-order valence-electron chi connectivity index (χ4n) is 1.56. The van der Waals surface area contributed by atoms with Crippen LogP contribution in [-0.2, 0) is 0 Å². The zero-order valence-corrected chi connectivity index (χ0v) is 9.05. The molecule has 0 aliphatic heterocycles. The van der Waals surface area contributed by atoms with E-state index < -0.39 is 0 Å². The maximum Gasteiger partial charge on any atom is 0.123 e. The summed E-state index contributed by atoms with van der Waals surface area (Å²) in [5.41, 5.74) is 2.74. The number of aryl methyl sites for hydroxylation is 1. The minimum Gasteiger partial charge on any atom is -0.207 e. The van der Waals surface area contributed by atoms with Crippen molar-refractivity contribution < 1.29 is 4.39 Å². The minimum atomic E-state index is -0.240. The Kier molecular flexibility index (Phi) is 2.74. The Morgan fingerprint density at radius 2 is 1.73 bits per heavy atom. The third kappa shape index (κ3) is 2.02. The Labute approximate surface area is 93.3 Å². The van der Waals surface area contributed by atoms with E-state index in [-0.39, 0.29) is 5.82 Å². The fourth-order valence-corrected chi connectivity index (χ4v) is 1.80. The van der Waals surface area contributed by atoms with Crippen molar-refractivity contribution in [1.82, 2.24) is 0 Å². The zero-order chi connectivity index (χ0) is 10.8. The highest BCUT2D eigenvalue weighted by molar-refractivity contribution is 6.33. The fraction of sp³-hybridized carbons (Fsp3) is 0.0769. The van der Waals surface area contributed by atoms with Crippen molar-refractivity contribution in [3.05, 3.63) is 58.9 Å². The molecule has 0 saturated carbocycles. The van der Waals surface area contributed by atoms with E-state index in [0.717, 1.165) is 16.7 Å². The van der Waals surface area contributed by atoms with Gasteiger partial charge in [0.1, 0.15) is 5.82 Å². The molecule has 0 radical (unpaired) electrons. The third-order valence-electron chi connectivity index (χ3n) is 2.36. The maximum atomic E-state index is 13.1. The van der Waals surface area contributed by atoms with E-state index in [9.17, 15) is 4.39 Å². The van der Waals surface area contributed by atoms with Crippen molar-refractivity contribution in [3.8, 4) is 11.1 Å². The Hall–Kier alpha value is -1.34. The van der Waals surface area contributed by atoms with E-state index in [2.05, 4.69) is 0 Å². The number of hydrogen-bond acceptors (Lipinski definition) is 0. The van der Waals surface area contributed by atoms with Crippen LogP contribution < -0.4 is 0 Å². The van der Waals surface area contributed by atoms with Gasteiger partial charge >= 0.3 is 0 Å². The van der Waals surface area contributed by atoms with Crippen LogP contribution in [0.15, 0.2) is 42.5 Å². The second kappa shape index (κ2) is 4.03. The normalized spacial score (nSPS) is 10.3. The van der Waals surface area contributed by atoms with Gasteiger partial charge < -0.3 is 0 Å². The van der Waals surface area contributed by atoms with Crippen molar-refractivity contribution >= 4 is 11.6 Å². The van der Waals surface area contributed by atoms with Gasteiger partial charge in [0.2, 0.25) is 0 Å². The molecule has 0 atom stereocenters. The molecule has 0 heterocycles. The van der Waals surface area contributed by atoms with Gasteiger partial charge in [0.15, 0.2) is 0 Å². The molecule has 0 aromatic heterocycles. The van der Waals surface area contributed by atoms with Crippen molar-refractivity contribution in [3.63, 3.8) is 0 Å². The summed E-state index contributed by atoms with van der Waals surface area (Å²) in [5.74, 6) is -0.240. The van der Waals surface area contributed by atoms with Gasteiger partial charge in [0.05, 0.1) is 0 Å². The van der Waals surface area contributed by atoms with Gasteiger partial charge in [-0.2, -0.15) is 0 Å². The van der Waals surface area contributed by atoms with Crippen LogP contribution in [0.2, 0.25) is 5.02 Å². The molecule has 0 amide bonds. The summed E-state index contributed by atoms with van der Waals surface area (Å²) in [5, 5.41) is 0.645. The summed E-state index contributed by atoms with van der Waals surface area (Å²) < 4.78 is 13.1. The number of hydrogen-bond donors (Lipinski definition) is 0. The Morgan fingerprint density at radius 1 is 1.00 bits per heavy atom. The van der Waals surface area contributed by atoms with E-state index >= 15 is 0 Å². The highest BCUT2D eigenvalue weighted by Crippen LogP contribution is 2.30. The molecule has 0 saturated heterocycles. The largest absolute Gasteiger partial charge is 0.207 e. The second-order valence-electron chi connectivity index (χ2n) is 3.44. The van der Waals surface area contributed by atoms with Gasteiger partial charge in [-0.3, -0.25) is 0 Å². The molecule has 0 nitrogen and oxygen atoms in total. The molecule has 2 aromatic rings. The van der Waals surface area contributed by atoms with E-state index in [4.69, 9.17) is 11.6 Å². The molecule has 0 spiro atoms. The first-order valence-electron chi connectivity index (χ1n) is 4.69. The number of rotatable bonds is 1. The van der Waals surface area contributed by atoms with Gasteiger partial charge in [-0.15, -0.1) is 0 Å². The molecule has 2 heteroatoms. The molecule has 76 valence electrons. The van der Waals surface area contributed by atoms with Gasteiger partial charge in [-0.1, -0.05) is 35.9 Å². The predicted molar refractivity (Wildman–Crippen MR) is 61.6 cm³/mol. The van der Waals surface area contributed by atoms with Crippen molar-refractivity contribution in [2.24, 2.45) is 0 Å². The van der Waals surface area contributed by atoms with Gasteiger partial charge in [-0.05, 0) is 36.2 Å². The first-order valence-corrected chi connectivity index (χ1v) is 5.07. The molecular weight excluding hydrogens is 210 g/mol. The second-order valence-corrected chi connectivity index (χ2v) is 3.85. The summed E-state index contributed by atoms with van der Waals surface area (Å²) in [4.78, 5) is 0. The van der Waals surface area contributed by atoms with Gasteiger partial charge in [-0.25, -0.2) is 4.39 Å². The average Bonchev–Trinajstić information content (AvgIpc) is 2.23. The topological polar surface area (TPSA) is 0 Å². The molecule has 2 rings (SSSR count). The van der Waals surface area contributed by atoms with Crippen LogP contribution in [0.5, 0.6) is 0 Å². The standard InChI is InChI=1S/C13H10ClF/c1-9-6-7-10(15)8-12(9)11-4-2-3-5-13(11)14/h2-8H,1H3/i15-1. The van der Waals surface area contributed by atoms with Crippen LogP contribution in [0.25, 0.3) is 11.1 Å². The Balaban J connectivity index is 2.64. The van der Waals surface area contributed by atoms with Crippen LogP contribution in [-0.4, -0.2) is 0 Å². The molecule has 2 aromatic carbocycles. The van der Waals surface area contributed by atoms with Gasteiger partial charge in [0.25, 0.3) is 0 Å². The molecular formula is C13H10ClF. The lowest BCUT2D eigenvalue weighted by atomic mass is 10.0. The third-order valence-corrected chi connectivity index (χ3v) is 2.69. The van der Waals surface area contributed by atoms with Crippen LogP contribution >= 0.6 is 11.6 Å². The average molecular weight is 220 g/mol. The molecule has 0 bridgehead atoms. The number of benzene rings is 2. The van der Waals surface area contributed by atoms with E-state index in [1.165, 1.54) is 12.1 Å².